The third-order valence-corrected chi connectivity index (χ3v) is 6.48. The quantitative estimate of drug-likeness (QED) is 0.665. The number of benzene rings is 1. The summed E-state index contributed by atoms with van der Waals surface area (Å²) in [5.74, 6) is 0.874. The van der Waals surface area contributed by atoms with Gasteiger partial charge in [-0.2, -0.15) is 0 Å². The average Bonchev–Trinajstić information content (AvgIpc) is 3.32. The molecular formula is C19H22N4OS2. The van der Waals surface area contributed by atoms with Crippen molar-refractivity contribution in [2.24, 2.45) is 0 Å². The number of aryl methyl sites for hydroxylation is 1. The average molecular weight is 387 g/mol. The summed E-state index contributed by atoms with van der Waals surface area (Å²) in [5.41, 5.74) is 3.41. The molecule has 26 heavy (non-hydrogen) atoms. The Kier molecular flexibility index (Phi) is 5.19. The summed E-state index contributed by atoms with van der Waals surface area (Å²) in [6.45, 7) is 7.13. The van der Waals surface area contributed by atoms with E-state index in [1.807, 2.05) is 12.1 Å². The number of anilines is 1. The molecule has 0 radical (unpaired) electrons. The standard InChI is InChI=1S/C19H22N4OS2/c1-14-12-26-19(20-14)23-9-7-22(8-10-23)11-16-13-25-18(21-16)15-3-5-17(24-2)6-4-15/h3-6,12-13H,7-11H2,1-2H3. The fraction of sp³-hybridized carbons (Fsp3) is 0.368. The number of thiazole rings is 2. The number of nitrogens with zero attached hydrogens (tertiary/aromatic N) is 4. The lowest BCUT2D eigenvalue weighted by molar-refractivity contribution is 0.247. The first-order valence-corrected chi connectivity index (χ1v) is 10.5. The Morgan fingerprint density at radius 1 is 1.00 bits per heavy atom. The Morgan fingerprint density at radius 2 is 1.77 bits per heavy atom. The Labute approximate surface area is 161 Å². The van der Waals surface area contributed by atoms with Gasteiger partial charge in [-0.1, -0.05) is 0 Å². The van der Waals surface area contributed by atoms with Gasteiger partial charge in [0.05, 0.1) is 18.5 Å². The van der Waals surface area contributed by atoms with Gasteiger partial charge in [-0.05, 0) is 31.2 Å². The third kappa shape index (κ3) is 3.90. The monoisotopic (exact) mass is 386 g/mol. The van der Waals surface area contributed by atoms with E-state index in [4.69, 9.17) is 9.72 Å². The highest BCUT2D eigenvalue weighted by Crippen LogP contribution is 2.27. The zero-order valence-electron chi connectivity index (χ0n) is 15.0. The molecule has 3 aromatic rings. The maximum atomic E-state index is 5.22. The van der Waals surface area contributed by atoms with Gasteiger partial charge in [0.15, 0.2) is 5.13 Å². The van der Waals surface area contributed by atoms with Gasteiger partial charge in [-0.15, -0.1) is 22.7 Å². The molecule has 0 unspecified atom stereocenters. The summed E-state index contributed by atoms with van der Waals surface area (Å²) in [6, 6.07) is 8.10. The number of piperazine rings is 1. The predicted octanol–water partition coefficient (Wildman–Crippen LogP) is 3.91. The fourth-order valence-electron chi connectivity index (χ4n) is 3.06. The van der Waals surface area contributed by atoms with Crippen LogP contribution in [-0.4, -0.2) is 48.2 Å². The summed E-state index contributed by atoms with van der Waals surface area (Å²) in [4.78, 5) is 14.3. The number of ether oxygens (including phenoxy) is 1. The molecule has 136 valence electrons. The van der Waals surface area contributed by atoms with Crippen LogP contribution in [0.4, 0.5) is 5.13 Å². The molecule has 3 heterocycles. The van der Waals surface area contributed by atoms with E-state index in [9.17, 15) is 0 Å². The number of methoxy groups -OCH3 is 1. The van der Waals surface area contributed by atoms with Crippen LogP contribution in [0.3, 0.4) is 0 Å². The maximum Gasteiger partial charge on any atom is 0.185 e. The van der Waals surface area contributed by atoms with E-state index in [1.54, 1.807) is 29.8 Å². The number of rotatable bonds is 5. The summed E-state index contributed by atoms with van der Waals surface area (Å²) in [6.07, 6.45) is 0. The molecule has 1 fully saturated rings. The molecule has 0 saturated carbocycles. The van der Waals surface area contributed by atoms with Gasteiger partial charge in [0.25, 0.3) is 0 Å². The first kappa shape index (κ1) is 17.5. The van der Waals surface area contributed by atoms with Crippen molar-refractivity contribution in [3.8, 4) is 16.3 Å². The molecule has 1 aliphatic heterocycles. The summed E-state index contributed by atoms with van der Waals surface area (Å²) < 4.78 is 5.22. The Morgan fingerprint density at radius 3 is 2.42 bits per heavy atom. The summed E-state index contributed by atoms with van der Waals surface area (Å²) in [7, 11) is 1.69. The van der Waals surface area contributed by atoms with Gasteiger partial charge in [-0.25, -0.2) is 9.97 Å². The van der Waals surface area contributed by atoms with E-state index in [-0.39, 0.29) is 0 Å². The second kappa shape index (κ2) is 7.73. The van der Waals surface area contributed by atoms with Crippen molar-refractivity contribution in [2.45, 2.75) is 13.5 Å². The van der Waals surface area contributed by atoms with Crippen LogP contribution < -0.4 is 9.64 Å². The lowest BCUT2D eigenvalue weighted by Gasteiger charge is -2.34. The topological polar surface area (TPSA) is 41.5 Å². The van der Waals surface area contributed by atoms with Crippen LogP contribution in [0.25, 0.3) is 10.6 Å². The highest BCUT2D eigenvalue weighted by atomic mass is 32.1. The molecular weight excluding hydrogens is 364 g/mol. The highest BCUT2D eigenvalue weighted by Gasteiger charge is 2.20. The minimum atomic E-state index is 0.874. The normalized spacial score (nSPS) is 15.4. The van der Waals surface area contributed by atoms with Crippen LogP contribution >= 0.6 is 22.7 Å². The first-order chi connectivity index (χ1) is 12.7. The van der Waals surface area contributed by atoms with Crippen LogP contribution in [0.5, 0.6) is 5.75 Å². The van der Waals surface area contributed by atoms with Crippen molar-refractivity contribution in [3.63, 3.8) is 0 Å². The minimum absolute atomic E-state index is 0.874. The van der Waals surface area contributed by atoms with Gasteiger partial charge in [0, 0.05) is 49.0 Å². The van der Waals surface area contributed by atoms with Crippen LogP contribution in [0.2, 0.25) is 0 Å². The van der Waals surface area contributed by atoms with Crippen molar-refractivity contribution in [1.82, 2.24) is 14.9 Å². The molecule has 0 spiro atoms. The van der Waals surface area contributed by atoms with Gasteiger partial charge >= 0.3 is 0 Å². The molecule has 0 amide bonds. The fourth-order valence-corrected chi connectivity index (χ4v) is 4.73. The number of hydrogen-bond donors (Lipinski definition) is 0. The number of hydrogen-bond acceptors (Lipinski definition) is 7. The van der Waals surface area contributed by atoms with Crippen LogP contribution in [-0.2, 0) is 6.54 Å². The Balaban J connectivity index is 1.34. The van der Waals surface area contributed by atoms with Crippen molar-refractivity contribution in [3.05, 3.63) is 46.4 Å². The van der Waals surface area contributed by atoms with Crippen molar-refractivity contribution >= 4 is 27.8 Å². The Hall–Kier alpha value is -1.96. The SMILES string of the molecule is COc1ccc(-c2nc(CN3CCN(c4nc(C)cs4)CC3)cs2)cc1. The second-order valence-corrected chi connectivity index (χ2v) is 8.10. The Bertz CT molecular complexity index is 851. The molecule has 2 aromatic heterocycles. The van der Waals surface area contributed by atoms with E-state index in [0.717, 1.165) is 65.6 Å². The molecule has 5 nitrogen and oxygen atoms in total. The van der Waals surface area contributed by atoms with E-state index >= 15 is 0 Å². The van der Waals surface area contributed by atoms with Gasteiger partial charge in [0.2, 0.25) is 0 Å². The van der Waals surface area contributed by atoms with E-state index < -0.39 is 0 Å². The van der Waals surface area contributed by atoms with E-state index in [0.29, 0.717) is 0 Å². The third-order valence-electron chi connectivity index (χ3n) is 4.52. The lowest BCUT2D eigenvalue weighted by Crippen LogP contribution is -2.46. The molecule has 0 atom stereocenters. The predicted molar refractivity (Wildman–Crippen MR) is 108 cm³/mol. The highest BCUT2D eigenvalue weighted by molar-refractivity contribution is 7.13. The molecule has 1 aromatic carbocycles. The first-order valence-electron chi connectivity index (χ1n) is 8.69. The van der Waals surface area contributed by atoms with Crippen LogP contribution in [0.15, 0.2) is 35.0 Å². The molecule has 0 N–H and O–H groups in total. The lowest BCUT2D eigenvalue weighted by atomic mass is 10.2. The molecule has 1 aliphatic rings. The summed E-state index contributed by atoms with van der Waals surface area (Å²) >= 11 is 3.45. The van der Waals surface area contributed by atoms with E-state index in [2.05, 4.69) is 44.6 Å². The molecule has 0 bridgehead atoms. The summed E-state index contributed by atoms with van der Waals surface area (Å²) in [5, 5.41) is 6.52. The van der Waals surface area contributed by atoms with E-state index in [1.165, 1.54) is 0 Å². The largest absolute Gasteiger partial charge is 0.497 e. The van der Waals surface area contributed by atoms with Gasteiger partial charge in [0.1, 0.15) is 10.8 Å². The zero-order valence-corrected chi connectivity index (χ0v) is 16.6. The minimum Gasteiger partial charge on any atom is -0.497 e. The van der Waals surface area contributed by atoms with Gasteiger partial charge in [-0.3, -0.25) is 4.90 Å². The van der Waals surface area contributed by atoms with Crippen molar-refractivity contribution in [2.75, 3.05) is 38.2 Å². The van der Waals surface area contributed by atoms with Crippen molar-refractivity contribution < 1.29 is 4.74 Å². The van der Waals surface area contributed by atoms with Gasteiger partial charge < -0.3 is 9.64 Å². The number of aromatic nitrogens is 2. The zero-order chi connectivity index (χ0) is 17.9. The van der Waals surface area contributed by atoms with Crippen LogP contribution in [0.1, 0.15) is 11.4 Å². The smallest absolute Gasteiger partial charge is 0.185 e. The van der Waals surface area contributed by atoms with Crippen LogP contribution in [0, 0.1) is 6.92 Å². The molecule has 0 aliphatic carbocycles. The second-order valence-electron chi connectivity index (χ2n) is 6.41. The van der Waals surface area contributed by atoms with Crippen molar-refractivity contribution in [1.29, 1.82) is 0 Å². The molecule has 7 heteroatoms. The maximum absolute atomic E-state index is 5.22. The molecule has 1 saturated heterocycles. The molecule has 4 rings (SSSR count).